The van der Waals surface area contributed by atoms with Gasteiger partial charge in [0.25, 0.3) is 0 Å². The molecule has 0 aliphatic rings. The number of guanidine groups is 1. The van der Waals surface area contributed by atoms with Crippen molar-refractivity contribution in [1.82, 2.24) is 14.9 Å². The molecule has 1 heterocycles. The van der Waals surface area contributed by atoms with Crippen molar-refractivity contribution in [2.75, 3.05) is 11.9 Å². The van der Waals surface area contributed by atoms with Gasteiger partial charge in [0, 0.05) is 31.2 Å². The molecule has 0 spiro atoms. The molecule has 0 fully saturated rings. The average molecular weight is 376 g/mol. The summed E-state index contributed by atoms with van der Waals surface area (Å²) in [6.07, 6.45) is 6.06. The van der Waals surface area contributed by atoms with Crippen LogP contribution in [0.2, 0.25) is 0 Å². The van der Waals surface area contributed by atoms with Crippen molar-refractivity contribution in [2.45, 2.75) is 39.8 Å². The first-order chi connectivity index (χ1) is 13.7. The molecule has 2 N–H and O–H groups in total. The SMILES string of the molecule is Cc1ccc(CN=C(NCCCCn2ccnc2C)Nc2ccccc2)cc1. The Morgan fingerprint density at radius 1 is 1.00 bits per heavy atom. The third-order valence-corrected chi connectivity index (χ3v) is 4.62. The van der Waals surface area contributed by atoms with Gasteiger partial charge in [0.1, 0.15) is 5.82 Å². The largest absolute Gasteiger partial charge is 0.356 e. The van der Waals surface area contributed by atoms with Crippen LogP contribution >= 0.6 is 0 Å². The molecular formula is C23H29N5. The molecule has 28 heavy (non-hydrogen) atoms. The van der Waals surface area contributed by atoms with Crippen LogP contribution in [0.4, 0.5) is 5.69 Å². The summed E-state index contributed by atoms with van der Waals surface area (Å²) >= 11 is 0. The Bertz CT molecular complexity index is 866. The number of unbranched alkanes of at least 4 members (excludes halogenated alkanes) is 1. The van der Waals surface area contributed by atoms with Crippen LogP contribution in [-0.2, 0) is 13.1 Å². The van der Waals surface area contributed by atoms with Crippen molar-refractivity contribution in [1.29, 1.82) is 0 Å². The normalized spacial score (nSPS) is 11.4. The molecule has 0 saturated heterocycles. The quantitative estimate of drug-likeness (QED) is 0.345. The highest BCUT2D eigenvalue weighted by Crippen LogP contribution is 2.07. The van der Waals surface area contributed by atoms with Crippen molar-refractivity contribution in [3.63, 3.8) is 0 Å². The molecule has 0 unspecified atom stereocenters. The van der Waals surface area contributed by atoms with Crippen LogP contribution in [0.15, 0.2) is 72.0 Å². The average Bonchev–Trinajstić information content (AvgIpc) is 3.12. The van der Waals surface area contributed by atoms with Gasteiger partial charge >= 0.3 is 0 Å². The highest BCUT2D eigenvalue weighted by Gasteiger charge is 2.01. The highest BCUT2D eigenvalue weighted by atomic mass is 15.2. The molecule has 1 aromatic heterocycles. The number of hydrogen-bond donors (Lipinski definition) is 2. The summed E-state index contributed by atoms with van der Waals surface area (Å²) in [5.74, 6) is 1.88. The Morgan fingerprint density at radius 3 is 2.50 bits per heavy atom. The first-order valence-corrected chi connectivity index (χ1v) is 9.84. The number of para-hydroxylation sites is 1. The molecule has 0 aliphatic carbocycles. The van der Waals surface area contributed by atoms with Crippen LogP contribution in [0.5, 0.6) is 0 Å². The molecule has 5 heteroatoms. The van der Waals surface area contributed by atoms with E-state index in [2.05, 4.69) is 51.4 Å². The minimum Gasteiger partial charge on any atom is -0.356 e. The Morgan fingerprint density at radius 2 is 1.79 bits per heavy atom. The van der Waals surface area contributed by atoms with E-state index >= 15 is 0 Å². The lowest BCUT2D eigenvalue weighted by Crippen LogP contribution is -2.31. The van der Waals surface area contributed by atoms with Gasteiger partial charge in [-0.1, -0.05) is 48.0 Å². The van der Waals surface area contributed by atoms with Gasteiger partial charge in [-0.25, -0.2) is 9.98 Å². The van der Waals surface area contributed by atoms with E-state index in [9.17, 15) is 0 Å². The minimum atomic E-state index is 0.649. The van der Waals surface area contributed by atoms with E-state index in [1.807, 2.05) is 49.6 Å². The Labute approximate surface area is 167 Å². The maximum absolute atomic E-state index is 4.76. The lowest BCUT2D eigenvalue weighted by Gasteiger charge is -2.13. The fraction of sp³-hybridized carbons (Fsp3) is 0.304. The monoisotopic (exact) mass is 375 g/mol. The summed E-state index contributed by atoms with van der Waals surface area (Å²) in [5, 5.41) is 6.86. The van der Waals surface area contributed by atoms with E-state index < -0.39 is 0 Å². The number of aryl methyl sites for hydroxylation is 3. The number of imidazole rings is 1. The predicted molar refractivity (Wildman–Crippen MR) is 117 cm³/mol. The van der Waals surface area contributed by atoms with Crippen LogP contribution < -0.4 is 10.6 Å². The van der Waals surface area contributed by atoms with Gasteiger partial charge in [-0.05, 0) is 44.4 Å². The van der Waals surface area contributed by atoms with Crippen molar-refractivity contribution in [3.05, 3.63) is 83.9 Å². The van der Waals surface area contributed by atoms with Gasteiger partial charge < -0.3 is 15.2 Å². The second-order valence-electron chi connectivity index (χ2n) is 6.94. The van der Waals surface area contributed by atoms with Crippen LogP contribution in [0, 0.1) is 13.8 Å². The lowest BCUT2D eigenvalue weighted by molar-refractivity contribution is 0.590. The summed E-state index contributed by atoms with van der Waals surface area (Å²) in [4.78, 5) is 9.03. The van der Waals surface area contributed by atoms with E-state index in [0.29, 0.717) is 6.54 Å². The Balaban J connectivity index is 1.53. The summed E-state index contributed by atoms with van der Waals surface area (Å²) in [6, 6.07) is 18.7. The number of aromatic nitrogens is 2. The second kappa shape index (κ2) is 10.3. The molecule has 0 atom stereocenters. The van der Waals surface area contributed by atoms with Gasteiger partial charge in [-0.2, -0.15) is 0 Å². The Hall–Kier alpha value is -3.08. The predicted octanol–water partition coefficient (Wildman–Crippen LogP) is 4.54. The minimum absolute atomic E-state index is 0.649. The summed E-state index contributed by atoms with van der Waals surface area (Å²) in [5.41, 5.74) is 3.50. The topological polar surface area (TPSA) is 54.2 Å². The van der Waals surface area contributed by atoms with E-state index in [1.165, 1.54) is 11.1 Å². The summed E-state index contributed by atoms with van der Waals surface area (Å²) < 4.78 is 2.19. The maximum atomic E-state index is 4.76. The number of aliphatic imine (C=N–C) groups is 1. The van der Waals surface area contributed by atoms with E-state index in [4.69, 9.17) is 4.99 Å². The number of benzene rings is 2. The van der Waals surface area contributed by atoms with Crippen molar-refractivity contribution in [2.24, 2.45) is 4.99 Å². The van der Waals surface area contributed by atoms with Crippen LogP contribution in [0.3, 0.4) is 0 Å². The van der Waals surface area contributed by atoms with E-state index in [1.54, 1.807) is 0 Å². The van der Waals surface area contributed by atoms with E-state index in [0.717, 1.165) is 43.4 Å². The molecule has 2 aromatic carbocycles. The molecule has 3 aromatic rings. The number of rotatable bonds is 8. The lowest BCUT2D eigenvalue weighted by atomic mass is 10.1. The summed E-state index contributed by atoms with van der Waals surface area (Å²) in [7, 11) is 0. The third kappa shape index (κ3) is 6.27. The molecule has 0 amide bonds. The van der Waals surface area contributed by atoms with E-state index in [-0.39, 0.29) is 0 Å². The molecule has 0 bridgehead atoms. The first kappa shape index (κ1) is 19.7. The first-order valence-electron chi connectivity index (χ1n) is 9.84. The number of nitrogens with zero attached hydrogens (tertiary/aromatic N) is 3. The highest BCUT2D eigenvalue weighted by molar-refractivity contribution is 5.93. The number of nitrogens with one attached hydrogen (secondary N) is 2. The van der Waals surface area contributed by atoms with Gasteiger partial charge in [-0.3, -0.25) is 0 Å². The smallest absolute Gasteiger partial charge is 0.196 e. The molecular weight excluding hydrogens is 346 g/mol. The van der Waals surface area contributed by atoms with Crippen molar-refractivity contribution < 1.29 is 0 Å². The Kier molecular flexibility index (Phi) is 7.24. The van der Waals surface area contributed by atoms with Crippen LogP contribution in [0.25, 0.3) is 0 Å². The van der Waals surface area contributed by atoms with Crippen LogP contribution in [-0.4, -0.2) is 22.1 Å². The molecule has 3 rings (SSSR count). The van der Waals surface area contributed by atoms with Gasteiger partial charge in [0.15, 0.2) is 5.96 Å². The summed E-state index contributed by atoms with van der Waals surface area (Å²) in [6.45, 7) is 6.66. The zero-order valence-electron chi connectivity index (χ0n) is 16.7. The third-order valence-electron chi connectivity index (χ3n) is 4.62. The van der Waals surface area contributed by atoms with Gasteiger partial charge in [0.2, 0.25) is 0 Å². The molecule has 0 saturated carbocycles. The number of hydrogen-bond acceptors (Lipinski definition) is 2. The fourth-order valence-electron chi connectivity index (χ4n) is 2.92. The molecule has 5 nitrogen and oxygen atoms in total. The fourth-order valence-corrected chi connectivity index (χ4v) is 2.92. The second-order valence-corrected chi connectivity index (χ2v) is 6.94. The number of anilines is 1. The standard InChI is InChI=1S/C23H29N5/c1-19-10-12-21(13-11-19)18-26-23(27-22-8-4-3-5-9-22)25-14-6-7-16-28-17-15-24-20(28)2/h3-5,8-13,15,17H,6-7,14,16,18H2,1-2H3,(H2,25,26,27). The zero-order chi connectivity index (χ0) is 19.6. The zero-order valence-corrected chi connectivity index (χ0v) is 16.7. The van der Waals surface area contributed by atoms with Crippen LogP contribution in [0.1, 0.15) is 29.8 Å². The molecule has 146 valence electrons. The molecule has 0 aliphatic heterocycles. The van der Waals surface area contributed by atoms with Gasteiger partial charge in [0.05, 0.1) is 6.54 Å². The van der Waals surface area contributed by atoms with Crippen molar-refractivity contribution >= 4 is 11.6 Å². The van der Waals surface area contributed by atoms with Crippen molar-refractivity contribution in [3.8, 4) is 0 Å². The molecule has 0 radical (unpaired) electrons. The maximum Gasteiger partial charge on any atom is 0.196 e. The van der Waals surface area contributed by atoms with Gasteiger partial charge in [-0.15, -0.1) is 0 Å².